The molecule has 3 aromatic rings. The summed E-state index contributed by atoms with van der Waals surface area (Å²) in [6.07, 6.45) is -1.54. The van der Waals surface area contributed by atoms with Gasteiger partial charge in [0.15, 0.2) is 0 Å². The van der Waals surface area contributed by atoms with Crippen molar-refractivity contribution in [2.45, 2.75) is 12.6 Å². The molecule has 1 aliphatic heterocycles. The van der Waals surface area contributed by atoms with Crippen molar-refractivity contribution in [2.75, 3.05) is 23.9 Å². The number of methoxy groups -OCH3 is 1. The summed E-state index contributed by atoms with van der Waals surface area (Å²) in [6, 6.07) is 22.6. The highest BCUT2D eigenvalue weighted by molar-refractivity contribution is 6.20. The van der Waals surface area contributed by atoms with Crippen LogP contribution in [0.1, 0.15) is 17.5 Å². The van der Waals surface area contributed by atoms with Crippen LogP contribution in [-0.4, -0.2) is 48.5 Å². The van der Waals surface area contributed by atoms with Crippen molar-refractivity contribution in [3.05, 3.63) is 90.0 Å². The largest absolute Gasteiger partial charge is 0.497 e. The maximum absolute atomic E-state index is 13.5. The Labute approximate surface area is 202 Å². The van der Waals surface area contributed by atoms with Gasteiger partial charge in [-0.3, -0.25) is 9.59 Å². The SMILES string of the molecule is COc1cccc(NC(=O)N[C@H]2N=C(c3ccccc3)c3ccccc3N(CCC(=O)O)C2=O)c1. The van der Waals surface area contributed by atoms with Gasteiger partial charge in [0, 0.05) is 29.4 Å². The molecule has 0 saturated carbocycles. The fraction of sp³-hybridized carbons (Fsp3) is 0.154. The number of nitrogens with one attached hydrogen (secondary N) is 2. The van der Waals surface area contributed by atoms with Crippen LogP contribution in [0.25, 0.3) is 0 Å². The molecule has 0 radical (unpaired) electrons. The lowest BCUT2D eigenvalue weighted by atomic mass is 10.0. The number of hydrogen-bond donors (Lipinski definition) is 3. The molecule has 1 heterocycles. The van der Waals surface area contributed by atoms with Crippen molar-refractivity contribution < 1.29 is 24.2 Å². The molecule has 0 spiro atoms. The first kappa shape index (κ1) is 23.5. The molecule has 0 unspecified atom stereocenters. The molecule has 35 heavy (non-hydrogen) atoms. The third kappa shape index (κ3) is 5.47. The van der Waals surface area contributed by atoms with Gasteiger partial charge in [0.1, 0.15) is 5.75 Å². The van der Waals surface area contributed by atoms with Gasteiger partial charge in [-0.15, -0.1) is 0 Å². The molecule has 1 aliphatic rings. The van der Waals surface area contributed by atoms with Gasteiger partial charge in [0.05, 0.1) is 24.9 Å². The van der Waals surface area contributed by atoms with Crippen LogP contribution in [0.2, 0.25) is 0 Å². The summed E-state index contributed by atoms with van der Waals surface area (Å²) in [5.41, 5.74) is 2.93. The molecule has 0 bridgehead atoms. The van der Waals surface area contributed by atoms with Crippen LogP contribution in [0.3, 0.4) is 0 Å². The highest BCUT2D eigenvalue weighted by Crippen LogP contribution is 2.28. The van der Waals surface area contributed by atoms with Crippen molar-refractivity contribution in [3.8, 4) is 5.75 Å². The number of anilines is 2. The number of hydrogen-bond acceptors (Lipinski definition) is 5. The molecule has 4 rings (SSSR count). The molecule has 9 heteroatoms. The number of para-hydroxylation sites is 1. The Morgan fingerprint density at radius 3 is 2.51 bits per heavy atom. The van der Waals surface area contributed by atoms with Crippen LogP contribution in [-0.2, 0) is 9.59 Å². The van der Waals surface area contributed by atoms with E-state index in [9.17, 15) is 19.5 Å². The number of amides is 3. The van der Waals surface area contributed by atoms with Crippen LogP contribution in [0.4, 0.5) is 16.2 Å². The van der Waals surface area contributed by atoms with Crippen molar-refractivity contribution in [1.29, 1.82) is 0 Å². The van der Waals surface area contributed by atoms with E-state index in [2.05, 4.69) is 15.6 Å². The molecule has 1 atom stereocenters. The van der Waals surface area contributed by atoms with Gasteiger partial charge in [0.2, 0.25) is 6.17 Å². The van der Waals surface area contributed by atoms with Crippen LogP contribution >= 0.6 is 0 Å². The number of ether oxygens (including phenoxy) is 1. The summed E-state index contributed by atoms with van der Waals surface area (Å²) in [5, 5.41) is 14.6. The quantitative estimate of drug-likeness (QED) is 0.486. The smallest absolute Gasteiger partial charge is 0.321 e. The zero-order chi connectivity index (χ0) is 24.8. The van der Waals surface area contributed by atoms with Crippen molar-refractivity contribution in [3.63, 3.8) is 0 Å². The van der Waals surface area contributed by atoms with E-state index in [1.165, 1.54) is 12.0 Å². The lowest BCUT2D eigenvalue weighted by Gasteiger charge is -2.25. The lowest BCUT2D eigenvalue weighted by Crippen LogP contribution is -2.49. The van der Waals surface area contributed by atoms with E-state index in [-0.39, 0.29) is 13.0 Å². The van der Waals surface area contributed by atoms with E-state index < -0.39 is 24.1 Å². The van der Waals surface area contributed by atoms with E-state index >= 15 is 0 Å². The summed E-state index contributed by atoms with van der Waals surface area (Å²) < 4.78 is 5.18. The van der Waals surface area contributed by atoms with Gasteiger partial charge in [-0.1, -0.05) is 54.6 Å². The molecular formula is C26H24N4O5. The molecule has 0 aliphatic carbocycles. The van der Waals surface area contributed by atoms with Crippen LogP contribution < -0.4 is 20.3 Å². The minimum Gasteiger partial charge on any atom is -0.497 e. The van der Waals surface area contributed by atoms with Crippen molar-refractivity contribution in [1.82, 2.24) is 5.32 Å². The number of carboxylic acids is 1. The molecule has 3 amide bonds. The molecule has 178 valence electrons. The highest BCUT2D eigenvalue weighted by Gasteiger charge is 2.33. The van der Waals surface area contributed by atoms with Gasteiger partial charge in [-0.05, 0) is 18.2 Å². The minimum atomic E-state index is -1.28. The number of urea groups is 1. The molecule has 3 aromatic carbocycles. The Morgan fingerprint density at radius 2 is 1.77 bits per heavy atom. The number of rotatable bonds is 7. The zero-order valence-electron chi connectivity index (χ0n) is 19.0. The van der Waals surface area contributed by atoms with E-state index in [0.717, 1.165) is 5.56 Å². The first-order valence-electron chi connectivity index (χ1n) is 10.9. The second-order valence-corrected chi connectivity index (χ2v) is 7.73. The fourth-order valence-electron chi connectivity index (χ4n) is 3.78. The van der Waals surface area contributed by atoms with Gasteiger partial charge < -0.3 is 25.4 Å². The third-order valence-electron chi connectivity index (χ3n) is 5.40. The summed E-state index contributed by atoms with van der Waals surface area (Å²) >= 11 is 0. The normalized spacial score (nSPS) is 14.9. The van der Waals surface area contributed by atoms with Crippen LogP contribution in [0, 0.1) is 0 Å². The predicted octanol–water partition coefficient (Wildman–Crippen LogP) is 3.50. The molecule has 0 fully saturated rings. The second kappa shape index (κ2) is 10.5. The Hall–Kier alpha value is -4.66. The Kier molecular flexibility index (Phi) is 7.06. The van der Waals surface area contributed by atoms with Crippen LogP contribution in [0.15, 0.2) is 83.9 Å². The van der Waals surface area contributed by atoms with Crippen molar-refractivity contribution >= 4 is 35.0 Å². The van der Waals surface area contributed by atoms with E-state index in [0.29, 0.717) is 28.4 Å². The number of benzene rings is 3. The molecular weight excluding hydrogens is 448 g/mol. The number of nitrogens with zero attached hydrogens (tertiary/aromatic N) is 2. The first-order chi connectivity index (χ1) is 17.0. The maximum atomic E-state index is 13.5. The molecule has 0 saturated heterocycles. The molecule has 9 nitrogen and oxygen atoms in total. The first-order valence-corrected chi connectivity index (χ1v) is 10.9. The average molecular weight is 473 g/mol. The average Bonchev–Trinajstić information content (AvgIpc) is 2.98. The maximum Gasteiger partial charge on any atom is 0.321 e. The Balaban J connectivity index is 1.71. The summed E-state index contributed by atoms with van der Waals surface area (Å²) in [7, 11) is 1.52. The number of carboxylic acid groups (broad SMARTS) is 1. The Morgan fingerprint density at radius 1 is 1.03 bits per heavy atom. The fourth-order valence-corrected chi connectivity index (χ4v) is 3.78. The van der Waals surface area contributed by atoms with Gasteiger partial charge in [0.25, 0.3) is 5.91 Å². The van der Waals surface area contributed by atoms with E-state index in [1.807, 2.05) is 42.5 Å². The standard InChI is InChI=1S/C26H24N4O5/c1-35-19-11-7-10-18(16-19)27-26(34)29-24-25(33)30(15-14-22(31)32)21-13-6-5-12-20(21)23(28-24)17-8-3-2-4-9-17/h2-13,16,24H,14-15H2,1H3,(H,31,32)(H2,27,29,34)/t24-/m1/s1. The van der Waals surface area contributed by atoms with Gasteiger partial charge in [-0.2, -0.15) is 0 Å². The number of carbonyl (C=O) groups is 3. The predicted molar refractivity (Wildman–Crippen MR) is 132 cm³/mol. The summed E-state index contributed by atoms with van der Waals surface area (Å²) in [6.45, 7) is -0.0710. The molecule has 3 N–H and O–H groups in total. The number of aliphatic imine (C=N–C) groups is 1. The molecule has 0 aromatic heterocycles. The van der Waals surface area contributed by atoms with Crippen LogP contribution in [0.5, 0.6) is 5.75 Å². The van der Waals surface area contributed by atoms with Gasteiger partial charge >= 0.3 is 12.0 Å². The number of fused-ring (bicyclic) bond motifs is 1. The topological polar surface area (TPSA) is 120 Å². The van der Waals surface area contributed by atoms with Gasteiger partial charge in [-0.25, -0.2) is 9.79 Å². The Bertz CT molecular complexity index is 1280. The minimum absolute atomic E-state index is 0.0710. The highest BCUT2D eigenvalue weighted by atomic mass is 16.5. The zero-order valence-corrected chi connectivity index (χ0v) is 19.0. The van der Waals surface area contributed by atoms with E-state index in [4.69, 9.17) is 4.74 Å². The number of carbonyl (C=O) groups excluding carboxylic acids is 2. The van der Waals surface area contributed by atoms with Crippen molar-refractivity contribution in [2.24, 2.45) is 4.99 Å². The number of aliphatic carboxylic acids is 1. The second-order valence-electron chi connectivity index (χ2n) is 7.73. The summed E-state index contributed by atoms with van der Waals surface area (Å²) in [5.74, 6) is -1.01. The number of benzodiazepines with no additional fused rings is 1. The summed E-state index contributed by atoms with van der Waals surface area (Å²) in [4.78, 5) is 43.7. The lowest BCUT2D eigenvalue weighted by molar-refractivity contribution is -0.136. The third-order valence-corrected chi connectivity index (χ3v) is 5.40. The monoisotopic (exact) mass is 472 g/mol. The van der Waals surface area contributed by atoms with E-state index in [1.54, 1.807) is 36.4 Å².